The van der Waals surface area contributed by atoms with Crippen molar-refractivity contribution in [3.8, 4) is 0 Å². The van der Waals surface area contributed by atoms with E-state index in [0.717, 1.165) is 25.4 Å². The molecule has 15 heavy (non-hydrogen) atoms. The lowest BCUT2D eigenvalue weighted by atomic mass is 10.3. The molecule has 0 bridgehead atoms. The van der Waals surface area contributed by atoms with Crippen LogP contribution in [0, 0.1) is 5.92 Å². The third-order valence-electron chi connectivity index (χ3n) is 2.66. The Bertz CT molecular complexity index is 294. The molecule has 1 saturated carbocycles. The molecule has 4 heteroatoms. The summed E-state index contributed by atoms with van der Waals surface area (Å²) < 4.78 is 0. The molecular formula is C11H19N3S. The Morgan fingerprint density at radius 2 is 2.13 bits per heavy atom. The topological polar surface area (TPSA) is 37.8 Å². The van der Waals surface area contributed by atoms with Crippen molar-refractivity contribution < 1.29 is 0 Å². The number of hydrogen-bond donors (Lipinski definition) is 1. The Morgan fingerprint density at radius 1 is 1.33 bits per heavy atom. The van der Waals surface area contributed by atoms with Gasteiger partial charge < -0.3 is 5.32 Å². The molecule has 2 rings (SSSR count). The van der Waals surface area contributed by atoms with Crippen LogP contribution in [0.3, 0.4) is 0 Å². The number of hydrogen-bond acceptors (Lipinski definition) is 4. The van der Waals surface area contributed by atoms with Crippen LogP contribution in [-0.4, -0.2) is 23.3 Å². The molecule has 0 saturated heterocycles. The van der Waals surface area contributed by atoms with Crippen LogP contribution >= 0.6 is 11.3 Å². The first-order valence-corrected chi connectivity index (χ1v) is 6.72. The van der Waals surface area contributed by atoms with Gasteiger partial charge in [-0.15, -0.1) is 21.5 Å². The summed E-state index contributed by atoms with van der Waals surface area (Å²) in [4.78, 5) is 0. The average molecular weight is 225 g/mol. The molecule has 0 unspecified atom stereocenters. The van der Waals surface area contributed by atoms with Crippen molar-refractivity contribution in [2.24, 2.45) is 5.92 Å². The lowest BCUT2D eigenvalue weighted by molar-refractivity contribution is 0.668. The van der Waals surface area contributed by atoms with Gasteiger partial charge in [0.1, 0.15) is 10.0 Å². The van der Waals surface area contributed by atoms with Crippen LogP contribution in [-0.2, 0) is 12.8 Å². The molecule has 1 aromatic rings. The zero-order valence-corrected chi connectivity index (χ0v) is 10.1. The lowest BCUT2D eigenvalue weighted by Crippen LogP contribution is -2.14. The third-order valence-corrected chi connectivity index (χ3v) is 3.67. The molecular weight excluding hydrogens is 206 g/mol. The van der Waals surface area contributed by atoms with Gasteiger partial charge >= 0.3 is 0 Å². The SMILES string of the molecule is CCNCCCc1nnc(CC2CC2)s1. The van der Waals surface area contributed by atoms with Crippen LogP contribution < -0.4 is 5.32 Å². The summed E-state index contributed by atoms with van der Waals surface area (Å²) in [5, 5.41) is 14.3. The van der Waals surface area contributed by atoms with Crippen LogP contribution in [0.1, 0.15) is 36.2 Å². The molecule has 1 fully saturated rings. The van der Waals surface area contributed by atoms with Crippen molar-refractivity contribution in [2.75, 3.05) is 13.1 Å². The maximum Gasteiger partial charge on any atom is 0.117 e. The number of rotatable bonds is 7. The molecule has 0 aromatic carbocycles. The number of nitrogens with one attached hydrogen (secondary N) is 1. The van der Waals surface area contributed by atoms with Crippen molar-refractivity contribution in [2.45, 2.75) is 39.0 Å². The minimum atomic E-state index is 0.924. The van der Waals surface area contributed by atoms with E-state index in [2.05, 4.69) is 22.4 Å². The van der Waals surface area contributed by atoms with E-state index >= 15 is 0 Å². The van der Waals surface area contributed by atoms with Crippen molar-refractivity contribution in [1.29, 1.82) is 0 Å². The number of aryl methyl sites for hydroxylation is 1. The summed E-state index contributed by atoms with van der Waals surface area (Å²) in [5.74, 6) is 0.924. The predicted molar refractivity (Wildman–Crippen MR) is 63.2 cm³/mol. The monoisotopic (exact) mass is 225 g/mol. The van der Waals surface area contributed by atoms with Gasteiger partial charge in [-0.25, -0.2) is 0 Å². The lowest BCUT2D eigenvalue weighted by Gasteiger charge is -1.97. The maximum absolute atomic E-state index is 4.24. The molecule has 0 spiro atoms. The second-order valence-corrected chi connectivity index (χ2v) is 5.34. The van der Waals surface area contributed by atoms with Gasteiger partial charge in [0.2, 0.25) is 0 Å². The standard InChI is InChI=1S/C11H19N3S/c1-2-12-7-3-4-10-13-14-11(15-10)8-9-5-6-9/h9,12H,2-8H2,1H3. The summed E-state index contributed by atoms with van der Waals surface area (Å²) in [5.41, 5.74) is 0. The molecule has 1 aromatic heterocycles. The smallest absolute Gasteiger partial charge is 0.117 e. The van der Waals surface area contributed by atoms with E-state index in [4.69, 9.17) is 0 Å². The van der Waals surface area contributed by atoms with Gasteiger partial charge in [-0.2, -0.15) is 0 Å². The fourth-order valence-electron chi connectivity index (χ4n) is 1.58. The van der Waals surface area contributed by atoms with Crippen molar-refractivity contribution in [1.82, 2.24) is 15.5 Å². The van der Waals surface area contributed by atoms with Gasteiger partial charge in [0, 0.05) is 12.8 Å². The quantitative estimate of drug-likeness (QED) is 0.722. The molecule has 1 N–H and O–H groups in total. The zero-order chi connectivity index (χ0) is 10.5. The second kappa shape index (κ2) is 5.56. The van der Waals surface area contributed by atoms with E-state index in [1.807, 2.05) is 11.3 Å². The largest absolute Gasteiger partial charge is 0.317 e. The highest BCUT2D eigenvalue weighted by Gasteiger charge is 2.23. The number of nitrogens with zero attached hydrogens (tertiary/aromatic N) is 2. The van der Waals surface area contributed by atoms with Gasteiger partial charge in [-0.3, -0.25) is 0 Å². The molecule has 0 amide bonds. The van der Waals surface area contributed by atoms with Gasteiger partial charge in [0.25, 0.3) is 0 Å². The first-order valence-electron chi connectivity index (χ1n) is 5.90. The molecule has 0 atom stereocenters. The van der Waals surface area contributed by atoms with E-state index in [1.54, 1.807) is 0 Å². The van der Waals surface area contributed by atoms with E-state index < -0.39 is 0 Å². The third kappa shape index (κ3) is 3.87. The summed E-state index contributed by atoms with van der Waals surface area (Å²) in [7, 11) is 0. The van der Waals surface area contributed by atoms with Crippen LogP contribution in [0.25, 0.3) is 0 Å². The number of aromatic nitrogens is 2. The molecule has 1 heterocycles. The van der Waals surface area contributed by atoms with Crippen molar-refractivity contribution >= 4 is 11.3 Å². The fraction of sp³-hybridized carbons (Fsp3) is 0.818. The first kappa shape index (κ1) is 11.0. The Kier molecular flexibility index (Phi) is 4.09. The second-order valence-electron chi connectivity index (χ2n) is 4.19. The molecule has 84 valence electrons. The summed E-state index contributed by atoms with van der Waals surface area (Å²) in [6, 6.07) is 0. The Labute approximate surface area is 95.3 Å². The van der Waals surface area contributed by atoms with Crippen LogP contribution in [0.2, 0.25) is 0 Å². The normalized spacial score (nSPS) is 15.8. The van der Waals surface area contributed by atoms with Crippen LogP contribution in [0.5, 0.6) is 0 Å². The predicted octanol–water partition coefficient (Wildman–Crippen LogP) is 2.03. The Morgan fingerprint density at radius 3 is 2.87 bits per heavy atom. The van der Waals surface area contributed by atoms with E-state index in [-0.39, 0.29) is 0 Å². The summed E-state index contributed by atoms with van der Waals surface area (Å²) in [6.45, 7) is 4.29. The maximum atomic E-state index is 4.24. The van der Waals surface area contributed by atoms with Crippen molar-refractivity contribution in [3.05, 3.63) is 10.0 Å². The highest BCUT2D eigenvalue weighted by molar-refractivity contribution is 7.11. The minimum absolute atomic E-state index is 0.924. The highest BCUT2D eigenvalue weighted by Crippen LogP contribution is 2.33. The van der Waals surface area contributed by atoms with Gasteiger partial charge in [0.05, 0.1) is 0 Å². The molecule has 0 radical (unpaired) electrons. The van der Waals surface area contributed by atoms with Gasteiger partial charge in [-0.1, -0.05) is 6.92 Å². The summed E-state index contributed by atoms with van der Waals surface area (Å²) in [6.07, 6.45) is 6.22. The van der Waals surface area contributed by atoms with Crippen molar-refractivity contribution in [3.63, 3.8) is 0 Å². The average Bonchev–Trinajstić information content (AvgIpc) is 2.93. The molecule has 3 nitrogen and oxygen atoms in total. The molecule has 1 aliphatic carbocycles. The van der Waals surface area contributed by atoms with Gasteiger partial charge in [0.15, 0.2) is 0 Å². The van der Waals surface area contributed by atoms with E-state index in [1.165, 1.54) is 35.7 Å². The highest BCUT2D eigenvalue weighted by atomic mass is 32.1. The molecule has 1 aliphatic rings. The summed E-state index contributed by atoms with van der Waals surface area (Å²) >= 11 is 1.81. The first-order chi connectivity index (χ1) is 7.38. The van der Waals surface area contributed by atoms with E-state index in [9.17, 15) is 0 Å². The van der Waals surface area contributed by atoms with Crippen LogP contribution in [0.15, 0.2) is 0 Å². The van der Waals surface area contributed by atoms with Gasteiger partial charge in [-0.05, 0) is 38.3 Å². The Hall–Kier alpha value is -0.480. The fourth-order valence-corrected chi connectivity index (χ4v) is 2.58. The van der Waals surface area contributed by atoms with E-state index in [0.29, 0.717) is 0 Å². The minimum Gasteiger partial charge on any atom is -0.317 e. The van der Waals surface area contributed by atoms with Crippen LogP contribution in [0.4, 0.5) is 0 Å². The Balaban J connectivity index is 1.69. The zero-order valence-electron chi connectivity index (χ0n) is 9.33. The molecule has 0 aliphatic heterocycles.